The van der Waals surface area contributed by atoms with Gasteiger partial charge in [0.05, 0.1) is 12.2 Å². The van der Waals surface area contributed by atoms with E-state index < -0.39 is 14.3 Å². The Bertz CT molecular complexity index is 699. The maximum absolute atomic E-state index is 11.0. The van der Waals surface area contributed by atoms with Crippen molar-refractivity contribution in [2.75, 3.05) is 0 Å². The summed E-state index contributed by atoms with van der Waals surface area (Å²) < 4.78 is 6.24. The number of hydrogen-bond acceptors (Lipinski definition) is 2. The van der Waals surface area contributed by atoms with Crippen molar-refractivity contribution >= 4 is 25.1 Å². The van der Waals surface area contributed by atoms with E-state index >= 15 is 0 Å². The third kappa shape index (κ3) is 3.57. The van der Waals surface area contributed by atoms with E-state index in [1.807, 2.05) is 18.2 Å². The fourth-order valence-electron chi connectivity index (χ4n) is 2.00. The van der Waals surface area contributed by atoms with Gasteiger partial charge in [-0.3, -0.25) is 0 Å². The first-order chi connectivity index (χ1) is 10.1. The number of aromatic carboxylic acids is 1. The van der Waals surface area contributed by atoms with Gasteiger partial charge in [-0.2, -0.15) is 0 Å². The second-order valence-electron chi connectivity index (χ2n) is 7.25. The minimum absolute atomic E-state index is 0.195. The second-order valence-corrected chi connectivity index (χ2v) is 12.1. The highest BCUT2D eigenvalue weighted by Crippen LogP contribution is 2.37. The Labute approximate surface area is 133 Å². The van der Waals surface area contributed by atoms with Crippen molar-refractivity contribution in [1.29, 1.82) is 0 Å². The summed E-state index contributed by atoms with van der Waals surface area (Å²) in [4.78, 5) is 11.0. The molecule has 0 atom stereocenters. The van der Waals surface area contributed by atoms with Gasteiger partial charge in [-0.1, -0.05) is 39.0 Å². The molecule has 0 bridgehead atoms. The fraction of sp³-hybridized carbons (Fsp3) is 0.389. The summed E-state index contributed by atoms with van der Waals surface area (Å²) in [5, 5.41) is 11.2. The molecule has 1 N–H and O–H groups in total. The van der Waals surface area contributed by atoms with Crippen molar-refractivity contribution in [3.8, 4) is 0 Å². The molecule has 118 valence electrons. The van der Waals surface area contributed by atoms with Crippen LogP contribution in [-0.4, -0.2) is 19.4 Å². The van der Waals surface area contributed by atoms with Crippen LogP contribution in [-0.2, 0) is 11.0 Å². The molecule has 0 aliphatic rings. The van der Waals surface area contributed by atoms with E-state index in [0.29, 0.717) is 12.2 Å². The topological polar surface area (TPSA) is 46.5 Å². The molecule has 0 aliphatic heterocycles. The Balaban J connectivity index is 2.20. The molecular weight excluding hydrogens is 292 g/mol. The zero-order valence-corrected chi connectivity index (χ0v) is 14.9. The minimum atomic E-state index is -1.76. The standard InChI is InChI=1S/C18H24O3Si/c1-18(2,3)22(4,5)21-12-13-6-7-15-11-16(17(19)20)9-8-14(15)10-13/h6-11H,12H2,1-5H3,(H,19,20). The first kappa shape index (κ1) is 16.7. The van der Waals surface area contributed by atoms with Crippen LogP contribution in [0.5, 0.6) is 0 Å². The van der Waals surface area contributed by atoms with E-state index in [9.17, 15) is 4.79 Å². The third-order valence-corrected chi connectivity index (χ3v) is 9.04. The van der Waals surface area contributed by atoms with Crippen molar-refractivity contribution in [2.24, 2.45) is 0 Å². The number of carbonyl (C=O) groups is 1. The van der Waals surface area contributed by atoms with Crippen LogP contribution in [0.25, 0.3) is 10.8 Å². The summed E-state index contributed by atoms with van der Waals surface area (Å²) in [6, 6.07) is 11.3. The highest BCUT2D eigenvalue weighted by Gasteiger charge is 2.36. The lowest BCUT2D eigenvalue weighted by atomic mass is 10.0. The molecular formula is C18H24O3Si. The normalized spacial score (nSPS) is 12.6. The second kappa shape index (κ2) is 5.86. The van der Waals surface area contributed by atoms with Crippen LogP contribution in [0.1, 0.15) is 36.7 Å². The van der Waals surface area contributed by atoms with Gasteiger partial charge in [0.1, 0.15) is 0 Å². The molecule has 0 saturated heterocycles. The van der Waals surface area contributed by atoms with Crippen LogP contribution >= 0.6 is 0 Å². The van der Waals surface area contributed by atoms with Crippen LogP contribution in [0, 0.1) is 0 Å². The van der Waals surface area contributed by atoms with Crippen molar-refractivity contribution in [2.45, 2.75) is 45.5 Å². The Hall–Kier alpha value is -1.65. The van der Waals surface area contributed by atoms with Gasteiger partial charge in [-0.05, 0) is 52.7 Å². The molecule has 0 aromatic heterocycles. The Kier molecular flexibility index (Phi) is 4.45. The molecule has 0 aliphatic carbocycles. The number of benzene rings is 2. The molecule has 4 heteroatoms. The molecule has 2 rings (SSSR count). The average molecular weight is 316 g/mol. The minimum Gasteiger partial charge on any atom is -0.478 e. The van der Waals surface area contributed by atoms with E-state index in [4.69, 9.17) is 9.53 Å². The monoisotopic (exact) mass is 316 g/mol. The van der Waals surface area contributed by atoms with Crippen LogP contribution < -0.4 is 0 Å². The van der Waals surface area contributed by atoms with Crippen molar-refractivity contribution in [3.63, 3.8) is 0 Å². The van der Waals surface area contributed by atoms with E-state index in [1.54, 1.807) is 12.1 Å². The maximum atomic E-state index is 11.0. The fourth-order valence-corrected chi connectivity index (χ4v) is 2.96. The first-order valence-electron chi connectivity index (χ1n) is 7.50. The molecule has 0 spiro atoms. The summed E-state index contributed by atoms with van der Waals surface area (Å²) >= 11 is 0. The zero-order chi connectivity index (χ0) is 16.5. The molecule has 0 amide bonds. The van der Waals surface area contributed by atoms with Crippen molar-refractivity contribution in [1.82, 2.24) is 0 Å². The molecule has 0 radical (unpaired) electrons. The van der Waals surface area contributed by atoms with Crippen molar-refractivity contribution < 1.29 is 14.3 Å². The van der Waals surface area contributed by atoms with Crippen LogP contribution in [0.3, 0.4) is 0 Å². The van der Waals surface area contributed by atoms with E-state index in [2.05, 4.69) is 39.9 Å². The van der Waals surface area contributed by atoms with Crippen molar-refractivity contribution in [3.05, 3.63) is 47.5 Å². The smallest absolute Gasteiger partial charge is 0.335 e. The van der Waals surface area contributed by atoms with Gasteiger partial charge in [-0.25, -0.2) is 4.79 Å². The average Bonchev–Trinajstić information content (AvgIpc) is 2.43. The Morgan fingerprint density at radius 2 is 1.68 bits per heavy atom. The van der Waals surface area contributed by atoms with Gasteiger partial charge >= 0.3 is 5.97 Å². The molecule has 22 heavy (non-hydrogen) atoms. The summed E-state index contributed by atoms with van der Waals surface area (Å²) in [5.41, 5.74) is 1.44. The highest BCUT2D eigenvalue weighted by atomic mass is 28.4. The van der Waals surface area contributed by atoms with Crippen LogP contribution in [0.2, 0.25) is 18.1 Å². The van der Waals surface area contributed by atoms with E-state index in [0.717, 1.165) is 16.3 Å². The summed E-state index contributed by atoms with van der Waals surface area (Å²) in [6.45, 7) is 11.8. The number of hydrogen-bond donors (Lipinski definition) is 1. The number of fused-ring (bicyclic) bond motifs is 1. The third-order valence-electron chi connectivity index (χ3n) is 4.56. The molecule has 2 aromatic rings. The Morgan fingerprint density at radius 1 is 1.09 bits per heavy atom. The lowest BCUT2D eigenvalue weighted by Crippen LogP contribution is -2.40. The van der Waals surface area contributed by atoms with Gasteiger partial charge in [0.2, 0.25) is 0 Å². The SMILES string of the molecule is CC(C)(C)[Si](C)(C)OCc1ccc2cc(C(=O)O)ccc2c1. The van der Waals surface area contributed by atoms with Gasteiger partial charge in [0, 0.05) is 0 Å². The summed E-state index contributed by atoms with van der Waals surface area (Å²) in [6.07, 6.45) is 0. The lowest BCUT2D eigenvalue weighted by Gasteiger charge is -2.36. The summed E-state index contributed by atoms with van der Waals surface area (Å²) in [5.74, 6) is -0.896. The van der Waals surface area contributed by atoms with Gasteiger partial charge in [-0.15, -0.1) is 0 Å². The van der Waals surface area contributed by atoms with E-state index in [-0.39, 0.29) is 5.04 Å². The van der Waals surface area contributed by atoms with Crippen LogP contribution in [0.15, 0.2) is 36.4 Å². The predicted octanol–water partition coefficient (Wildman–Crippen LogP) is 5.06. The van der Waals surface area contributed by atoms with E-state index in [1.165, 1.54) is 0 Å². The van der Waals surface area contributed by atoms with Crippen LogP contribution in [0.4, 0.5) is 0 Å². The zero-order valence-electron chi connectivity index (χ0n) is 13.9. The Morgan fingerprint density at radius 3 is 2.27 bits per heavy atom. The molecule has 0 saturated carbocycles. The van der Waals surface area contributed by atoms with Gasteiger partial charge < -0.3 is 9.53 Å². The van der Waals surface area contributed by atoms with Gasteiger partial charge in [0.15, 0.2) is 8.32 Å². The molecule has 0 heterocycles. The molecule has 0 fully saturated rings. The molecule has 3 nitrogen and oxygen atoms in total. The maximum Gasteiger partial charge on any atom is 0.335 e. The quantitative estimate of drug-likeness (QED) is 0.802. The number of rotatable bonds is 4. The first-order valence-corrected chi connectivity index (χ1v) is 10.4. The molecule has 0 unspecified atom stereocenters. The molecule has 2 aromatic carbocycles. The number of carboxylic acid groups (broad SMARTS) is 1. The predicted molar refractivity (Wildman–Crippen MR) is 92.9 cm³/mol. The largest absolute Gasteiger partial charge is 0.478 e. The number of carboxylic acids is 1. The van der Waals surface area contributed by atoms with Gasteiger partial charge in [0.25, 0.3) is 0 Å². The lowest BCUT2D eigenvalue weighted by molar-refractivity contribution is 0.0697. The highest BCUT2D eigenvalue weighted by molar-refractivity contribution is 6.74. The summed E-state index contributed by atoms with van der Waals surface area (Å²) in [7, 11) is -1.76.